The molecule has 21 heavy (non-hydrogen) atoms. The molecule has 1 aliphatic rings. The molecular weight excluding hydrogens is 344 g/mol. The van der Waals surface area contributed by atoms with E-state index in [1.807, 2.05) is 0 Å². The van der Waals surface area contributed by atoms with Gasteiger partial charge in [-0.3, -0.25) is 14.9 Å². The maximum atomic E-state index is 12.4. The fourth-order valence-electron chi connectivity index (χ4n) is 2.02. The fraction of sp³-hybridized carbons (Fsp3) is 0.500. The van der Waals surface area contributed by atoms with Crippen molar-refractivity contribution < 1.29 is 22.9 Å². The number of hydrogen-bond donors (Lipinski definition) is 0. The van der Waals surface area contributed by atoms with E-state index in [0.717, 1.165) is 10.4 Å². The van der Waals surface area contributed by atoms with Gasteiger partial charge < -0.3 is 4.74 Å². The maximum absolute atomic E-state index is 12.4. The van der Waals surface area contributed by atoms with Crippen molar-refractivity contribution in [3.63, 3.8) is 0 Å². The highest BCUT2D eigenvalue weighted by molar-refractivity contribution is 7.91. The Hall–Kier alpha value is -1.23. The molecule has 1 unspecified atom stereocenters. The number of methoxy groups -OCH3 is 1. The molecule has 2 heterocycles. The summed E-state index contributed by atoms with van der Waals surface area (Å²) in [5.41, 5.74) is -0.441. The molecule has 11 heteroatoms. The number of halogens is 1. The molecule has 0 spiro atoms. The van der Waals surface area contributed by atoms with E-state index in [2.05, 4.69) is 4.74 Å². The second-order valence-electron chi connectivity index (χ2n) is 4.35. The van der Waals surface area contributed by atoms with Crippen molar-refractivity contribution in [1.82, 2.24) is 4.31 Å². The van der Waals surface area contributed by atoms with Gasteiger partial charge in [-0.2, -0.15) is 4.31 Å². The van der Waals surface area contributed by atoms with Crippen LogP contribution in [0.4, 0.5) is 5.69 Å². The first-order chi connectivity index (χ1) is 9.77. The summed E-state index contributed by atoms with van der Waals surface area (Å²) in [5.74, 6) is -0.988. The van der Waals surface area contributed by atoms with Crippen LogP contribution in [-0.2, 0) is 19.6 Å². The third-order valence-electron chi connectivity index (χ3n) is 3.12. The lowest BCUT2D eigenvalue weighted by atomic mass is 10.1. The monoisotopic (exact) mass is 354 g/mol. The molecule has 1 atom stereocenters. The van der Waals surface area contributed by atoms with Crippen molar-refractivity contribution in [3.05, 3.63) is 20.5 Å². The summed E-state index contributed by atoms with van der Waals surface area (Å²) in [7, 11) is -2.66. The van der Waals surface area contributed by atoms with E-state index in [9.17, 15) is 23.3 Å². The van der Waals surface area contributed by atoms with Crippen molar-refractivity contribution in [1.29, 1.82) is 0 Å². The predicted octanol–water partition coefficient (Wildman–Crippen LogP) is 1.49. The zero-order valence-corrected chi connectivity index (χ0v) is 13.2. The quantitative estimate of drug-likeness (QED) is 0.460. The van der Waals surface area contributed by atoms with Gasteiger partial charge in [-0.15, -0.1) is 11.3 Å². The Labute approximate surface area is 129 Å². The van der Waals surface area contributed by atoms with Crippen LogP contribution in [0.15, 0.2) is 10.3 Å². The Kier molecular flexibility index (Phi) is 4.51. The molecular formula is C10H11ClN2O6S2. The van der Waals surface area contributed by atoms with Crippen LogP contribution >= 0.6 is 22.9 Å². The summed E-state index contributed by atoms with van der Waals surface area (Å²) in [6.07, 6.45) is 0.354. The number of esters is 1. The van der Waals surface area contributed by atoms with Gasteiger partial charge in [-0.25, -0.2) is 8.42 Å². The smallest absolute Gasteiger partial charge is 0.310 e. The maximum Gasteiger partial charge on any atom is 0.310 e. The molecule has 116 valence electrons. The van der Waals surface area contributed by atoms with E-state index < -0.39 is 32.5 Å². The molecule has 0 aromatic carbocycles. The number of nitro groups is 1. The molecule has 8 nitrogen and oxygen atoms in total. The Morgan fingerprint density at radius 1 is 1.62 bits per heavy atom. The fourth-order valence-corrected chi connectivity index (χ4v) is 5.34. The molecule has 1 fully saturated rings. The molecule has 1 aromatic rings. The van der Waals surface area contributed by atoms with Crippen LogP contribution in [-0.4, -0.2) is 43.8 Å². The van der Waals surface area contributed by atoms with Crippen molar-refractivity contribution in [3.8, 4) is 0 Å². The lowest BCUT2D eigenvalue weighted by Gasteiger charge is -2.14. The number of carbonyl (C=O) groups is 1. The second kappa shape index (κ2) is 5.87. The summed E-state index contributed by atoms with van der Waals surface area (Å²) in [6, 6.07) is 0.938. The highest BCUT2D eigenvalue weighted by Gasteiger charge is 2.38. The van der Waals surface area contributed by atoms with Crippen LogP contribution in [0.1, 0.15) is 6.42 Å². The van der Waals surface area contributed by atoms with Crippen LogP contribution in [0.25, 0.3) is 0 Å². The average Bonchev–Trinajstić information content (AvgIpc) is 3.04. The minimum atomic E-state index is -3.89. The molecule has 1 aliphatic heterocycles. The first-order valence-corrected chi connectivity index (χ1v) is 8.42. The summed E-state index contributed by atoms with van der Waals surface area (Å²) >= 11 is 6.30. The van der Waals surface area contributed by atoms with E-state index in [4.69, 9.17) is 11.6 Å². The van der Waals surface area contributed by atoms with Gasteiger partial charge in [0.05, 0.1) is 18.0 Å². The number of rotatable bonds is 4. The highest BCUT2D eigenvalue weighted by Crippen LogP contribution is 2.38. The Morgan fingerprint density at radius 3 is 2.81 bits per heavy atom. The summed E-state index contributed by atoms with van der Waals surface area (Å²) in [4.78, 5) is 21.4. The summed E-state index contributed by atoms with van der Waals surface area (Å²) in [6.45, 7) is 0.156. The molecule has 0 saturated carbocycles. The van der Waals surface area contributed by atoms with Crippen LogP contribution < -0.4 is 0 Å². The van der Waals surface area contributed by atoms with Gasteiger partial charge in [0.15, 0.2) is 4.34 Å². The van der Waals surface area contributed by atoms with Gasteiger partial charge in [-0.05, 0) is 6.42 Å². The van der Waals surface area contributed by atoms with Gasteiger partial charge in [0.2, 0.25) is 0 Å². The SMILES string of the molecule is COC(=O)C1CCN(S(=O)(=O)c2cc([N+](=O)[O-])c(Cl)s2)C1. The van der Waals surface area contributed by atoms with Crippen molar-refractivity contribution >= 4 is 44.6 Å². The van der Waals surface area contributed by atoms with E-state index in [-0.39, 0.29) is 21.6 Å². The molecule has 1 aromatic heterocycles. The summed E-state index contributed by atoms with van der Waals surface area (Å²) < 4.78 is 30.1. The second-order valence-corrected chi connectivity index (χ2v) is 8.17. The van der Waals surface area contributed by atoms with Crippen molar-refractivity contribution in [2.75, 3.05) is 20.2 Å². The third kappa shape index (κ3) is 3.03. The molecule has 0 bridgehead atoms. The van der Waals surface area contributed by atoms with Crippen LogP contribution in [0.3, 0.4) is 0 Å². The number of hydrogen-bond acceptors (Lipinski definition) is 7. The molecule has 0 N–H and O–H groups in total. The Morgan fingerprint density at radius 2 is 2.29 bits per heavy atom. The predicted molar refractivity (Wildman–Crippen MR) is 74.9 cm³/mol. The number of sulfonamides is 1. The van der Waals surface area contributed by atoms with E-state index >= 15 is 0 Å². The lowest BCUT2D eigenvalue weighted by Crippen LogP contribution is -2.29. The van der Waals surface area contributed by atoms with Crippen molar-refractivity contribution in [2.45, 2.75) is 10.6 Å². The number of thiophene rings is 1. The van der Waals surface area contributed by atoms with Crippen LogP contribution in [0, 0.1) is 16.0 Å². The number of nitrogens with zero attached hydrogens (tertiary/aromatic N) is 2. The zero-order chi connectivity index (χ0) is 15.8. The first-order valence-electron chi connectivity index (χ1n) is 5.79. The molecule has 2 rings (SSSR count). The zero-order valence-electron chi connectivity index (χ0n) is 10.8. The minimum Gasteiger partial charge on any atom is -0.469 e. The van der Waals surface area contributed by atoms with Gasteiger partial charge >= 0.3 is 5.97 Å². The third-order valence-corrected chi connectivity index (χ3v) is 6.77. The minimum absolute atomic E-state index is 0.00166. The average molecular weight is 355 g/mol. The molecule has 1 saturated heterocycles. The van der Waals surface area contributed by atoms with Crippen molar-refractivity contribution in [2.24, 2.45) is 5.92 Å². The van der Waals surface area contributed by atoms with Gasteiger partial charge in [-0.1, -0.05) is 11.6 Å². The first kappa shape index (κ1) is 16.1. The molecule has 0 aliphatic carbocycles. The van der Waals surface area contributed by atoms with E-state index in [0.29, 0.717) is 17.8 Å². The highest BCUT2D eigenvalue weighted by atomic mass is 35.5. The largest absolute Gasteiger partial charge is 0.469 e. The normalized spacial score (nSPS) is 19.6. The topological polar surface area (TPSA) is 107 Å². The Balaban J connectivity index is 2.25. The van der Waals surface area contributed by atoms with Crippen LogP contribution in [0.5, 0.6) is 0 Å². The lowest BCUT2D eigenvalue weighted by molar-refractivity contribution is -0.384. The van der Waals surface area contributed by atoms with Gasteiger partial charge in [0.25, 0.3) is 15.7 Å². The van der Waals surface area contributed by atoms with E-state index in [1.54, 1.807) is 0 Å². The van der Waals surface area contributed by atoms with Crippen LogP contribution in [0.2, 0.25) is 4.34 Å². The Bertz CT molecular complexity index is 686. The number of carbonyl (C=O) groups excluding carboxylic acids is 1. The van der Waals surface area contributed by atoms with Gasteiger partial charge in [0.1, 0.15) is 4.21 Å². The summed E-state index contributed by atoms with van der Waals surface area (Å²) in [5, 5.41) is 10.7. The molecule has 0 amide bonds. The standard InChI is InChI=1S/C10H11ClN2O6S2/c1-19-10(14)6-2-3-12(5-6)21(17,18)8-4-7(13(15)16)9(11)20-8/h4,6H,2-3,5H2,1H3. The molecule has 0 radical (unpaired) electrons. The number of ether oxygens (including phenoxy) is 1. The van der Waals surface area contributed by atoms with E-state index in [1.165, 1.54) is 7.11 Å². The van der Waals surface area contributed by atoms with Gasteiger partial charge in [0, 0.05) is 19.2 Å².